The molecule has 0 radical (unpaired) electrons. The van der Waals surface area contributed by atoms with Gasteiger partial charge < -0.3 is 16.2 Å². The number of nitrogens with one attached hydrogen (secondary N) is 1. The van der Waals surface area contributed by atoms with Crippen molar-refractivity contribution in [2.24, 2.45) is 0 Å². The second-order valence-electron chi connectivity index (χ2n) is 4.19. The number of anilines is 1. The van der Waals surface area contributed by atoms with Gasteiger partial charge in [0.25, 0.3) is 5.91 Å². The van der Waals surface area contributed by atoms with Gasteiger partial charge in [0.2, 0.25) is 0 Å². The summed E-state index contributed by atoms with van der Waals surface area (Å²) in [6.07, 6.45) is -0.112. The van der Waals surface area contributed by atoms with E-state index < -0.39 is 5.97 Å². The van der Waals surface area contributed by atoms with Crippen LogP contribution in [0.1, 0.15) is 16.8 Å². The van der Waals surface area contributed by atoms with Crippen molar-refractivity contribution in [1.29, 1.82) is 0 Å². The molecule has 2 aromatic rings. The number of amides is 1. The molecule has 0 bridgehead atoms. The summed E-state index contributed by atoms with van der Waals surface area (Å²) in [7, 11) is 0. The van der Waals surface area contributed by atoms with E-state index in [9.17, 15) is 9.59 Å². The minimum absolute atomic E-state index is 0.0838. The molecule has 98 valence electrons. The predicted octanol–water partition coefficient (Wildman–Crippen LogP) is 1.63. The van der Waals surface area contributed by atoms with E-state index in [0.29, 0.717) is 11.3 Å². The van der Waals surface area contributed by atoms with Crippen LogP contribution >= 0.6 is 0 Å². The maximum atomic E-state index is 11.9. The fourth-order valence-corrected chi connectivity index (χ4v) is 1.83. The molecule has 1 amide bonds. The van der Waals surface area contributed by atoms with Crippen LogP contribution in [0.15, 0.2) is 36.4 Å². The smallest absolute Gasteiger partial charge is 0.305 e. The number of nitrogens with two attached hydrogens (primary N) is 1. The van der Waals surface area contributed by atoms with Crippen molar-refractivity contribution in [2.45, 2.75) is 6.42 Å². The first kappa shape index (κ1) is 12.9. The molecule has 2 aromatic carbocycles. The largest absolute Gasteiger partial charge is 0.481 e. The predicted molar refractivity (Wildman–Crippen MR) is 72.9 cm³/mol. The number of aliphatic carboxylic acids is 1. The number of hydrogen-bond acceptors (Lipinski definition) is 3. The van der Waals surface area contributed by atoms with Crippen molar-refractivity contribution >= 4 is 28.3 Å². The standard InChI is InChI=1S/C14H14N2O3/c15-12-8-10-4-2-1-3-9(10)7-11(12)14(19)16-6-5-13(17)18/h1-4,7-8H,5-6,15H2,(H,16,19)(H,17,18). The average Bonchev–Trinajstić information content (AvgIpc) is 2.37. The Bertz CT molecular complexity index is 638. The lowest BCUT2D eigenvalue weighted by atomic mass is 10.0. The van der Waals surface area contributed by atoms with Crippen LogP contribution in [0.2, 0.25) is 0 Å². The summed E-state index contributed by atoms with van der Waals surface area (Å²) < 4.78 is 0. The monoisotopic (exact) mass is 258 g/mol. The number of benzene rings is 2. The van der Waals surface area contributed by atoms with Gasteiger partial charge in [-0.1, -0.05) is 24.3 Å². The minimum Gasteiger partial charge on any atom is -0.481 e. The average molecular weight is 258 g/mol. The highest BCUT2D eigenvalue weighted by molar-refractivity contribution is 6.03. The minimum atomic E-state index is -0.952. The van der Waals surface area contributed by atoms with E-state index in [0.717, 1.165) is 10.8 Å². The van der Waals surface area contributed by atoms with E-state index in [2.05, 4.69) is 5.32 Å². The number of carbonyl (C=O) groups is 2. The zero-order chi connectivity index (χ0) is 13.8. The lowest BCUT2D eigenvalue weighted by molar-refractivity contribution is -0.136. The molecule has 0 heterocycles. The second-order valence-corrected chi connectivity index (χ2v) is 4.19. The first-order valence-electron chi connectivity index (χ1n) is 5.86. The molecule has 0 aliphatic heterocycles. The maximum absolute atomic E-state index is 11.9. The number of carbonyl (C=O) groups excluding carboxylic acids is 1. The Labute approximate surface area is 110 Å². The van der Waals surface area contributed by atoms with Crippen LogP contribution in [0.4, 0.5) is 5.69 Å². The number of carboxylic acid groups (broad SMARTS) is 1. The van der Waals surface area contributed by atoms with E-state index in [1.165, 1.54) is 0 Å². The summed E-state index contributed by atoms with van der Waals surface area (Å²) in [5.74, 6) is -1.31. The van der Waals surface area contributed by atoms with Crippen LogP contribution in [0, 0.1) is 0 Å². The zero-order valence-electron chi connectivity index (χ0n) is 10.2. The van der Waals surface area contributed by atoms with Gasteiger partial charge in [-0.3, -0.25) is 9.59 Å². The summed E-state index contributed by atoms with van der Waals surface area (Å²) in [6.45, 7) is 0.0838. The molecule has 0 unspecified atom stereocenters. The van der Waals surface area contributed by atoms with E-state index >= 15 is 0 Å². The first-order chi connectivity index (χ1) is 9.08. The van der Waals surface area contributed by atoms with Crippen molar-refractivity contribution in [3.63, 3.8) is 0 Å². The summed E-state index contributed by atoms with van der Waals surface area (Å²) >= 11 is 0. The van der Waals surface area contributed by atoms with Crippen molar-refractivity contribution in [3.05, 3.63) is 42.0 Å². The van der Waals surface area contributed by atoms with Gasteiger partial charge in [0, 0.05) is 12.2 Å². The normalized spacial score (nSPS) is 10.3. The van der Waals surface area contributed by atoms with E-state index in [1.54, 1.807) is 12.1 Å². The quantitative estimate of drug-likeness (QED) is 0.727. The Balaban J connectivity index is 2.21. The highest BCUT2D eigenvalue weighted by atomic mass is 16.4. The van der Waals surface area contributed by atoms with E-state index in [1.807, 2.05) is 24.3 Å². The number of carboxylic acids is 1. The molecule has 0 atom stereocenters. The third-order valence-electron chi connectivity index (χ3n) is 2.79. The van der Waals surface area contributed by atoms with Crippen LogP contribution in [0.5, 0.6) is 0 Å². The molecule has 0 saturated carbocycles. The van der Waals surface area contributed by atoms with Crippen molar-refractivity contribution in [3.8, 4) is 0 Å². The Morgan fingerprint density at radius 2 is 1.79 bits per heavy atom. The molecular formula is C14H14N2O3. The number of hydrogen-bond donors (Lipinski definition) is 3. The lowest BCUT2D eigenvalue weighted by Crippen LogP contribution is -2.26. The summed E-state index contributed by atoms with van der Waals surface area (Å²) in [5, 5.41) is 12.9. The van der Waals surface area contributed by atoms with Gasteiger partial charge in [0.05, 0.1) is 12.0 Å². The lowest BCUT2D eigenvalue weighted by Gasteiger charge is -2.08. The third kappa shape index (κ3) is 3.01. The van der Waals surface area contributed by atoms with Gasteiger partial charge in [-0.15, -0.1) is 0 Å². The molecule has 0 fully saturated rings. The Morgan fingerprint density at radius 3 is 2.42 bits per heavy atom. The SMILES string of the molecule is Nc1cc2ccccc2cc1C(=O)NCCC(=O)O. The number of rotatable bonds is 4. The highest BCUT2D eigenvalue weighted by Gasteiger charge is 2.11. The van der Waals surface area contributed by atoms with Gasteiger partial charge >= 0.3 is 5.97 Å². The van der Waals surface area contributed by atoms with Gasteiger partial charge in [-0.05, 0) is 22.9 Å². The molecule has 0 saturated heterocycles. The van der Waals surface area contributed by atoms with Gasteiger partial charge in [0.1, 0.15) is 0 Å². The first-order valence-corrected chi connectivity index (χ1v) is 5.86. The zero-order valence-corrected chi connectivity index (χ0v) is 10.2. The van der Waals surface area contributed by atoms with Crippen LogP contribution in [-0.2, 0) is 4.79 Å². The van der Waals surface area contributed by atoms with Crippen LogP contribution in [-0.4, -0.2) is 23.5 Å². The Hall–Kier alpha value is -2.56. The molecule has 5 nitrogen and oxygen atoms in total. The molecule has 19 heavy (non-hydrogen) atoms. The summed E-state index contributed by atoms with van der Waals surface area (Å²) in [6, 6.07) is 11.0. The van der Waals surface area contributed by atoms with Crippen LogP contribution < -0.4 is 11.1 Å². The fraction of sp³-hybridized carbons (Fsp3) is 0.143. The molecule has 0 aliphatic carbocycles. The molecule has 0 aliphatic rings. The highest BCUT2D eigenvalue weighted by Crippen LogP contribution is 2.21. The van der Waals surface area contributed by atoms with E-state index in [-0.39, 0.29) is 18.9 Å². The second kappa shape index (κ2) is 5.39. The molecule has 0 aromatic heterocycles. The Morgan fingerprint density at radius 1 is 1.16 bits per heavy atom. The number of nitrogen functional groups attached to an aromatic ring is 1. The van der Waals surface area contributed by atoms with Gasteiger partial charge in [-0.25, -0.2) is 0 Å². The van der Waals surface area contributed by atoms with E-state index in [4.69, 9.17) is 10.8 Å². The van der Waals surface area contributed by atoms with Gasteiger partial charge in [0.15, 0.2) is 0 Å². The summed E-state index contributed by atoms with van der Waals surface area (Å²) in [5.41, 5.74) is 6.59. The summed E-state index contributed by atoms with van der Waals surface area (Å²) in [4.78, 5) is 22.3. The van der Waals surface area contributed by atoms with Crippen molar-refractivity contribution in [2.75, 3.05) is 12.3 Å². The maximum Gasteiger partial charge on any atom is 0.305 e. The Kier molecular flexibility index (Phi) is 3.66. The van der Waals surface area contributed by atoms with Crippen molar-refractivity contribution < 1.29 is 14.7 Å². The molecule has 0 spiro atoms. The fourth-order valence-electron chi connectivity index (χ4n) is 1.83. The van der Waals surface area contributed by atoms with Gasteiger partial charge in [-0.2, -0.15) is 0 Å². The molecule has 2 rings (SSSR count). The number of fused-ring (bicyclic) bond motifs is 1. The molecule has 4 N–H and O–H groups in total. The molecular weight excluding hydrogens is 244 g/mol. The topological polar surface area (TPSA) is 92.4 Å². The van der Waals surface area contributed by atoms with Crippen LogP contribution in [0.25, 0.3) is 10.8 Å². The molecule has 5 heteroatoms. The van der Waals surface area contributed by atoms with Crippen molar-refractivity contribution in [1.82, 2.24) is 5.32 Å². The van der Waals surface area contributed by atoms with Crippen LogP contribution in [0.3, 0.4) is 0 Å². The third-order valence-corrected chi connectivity index (χ3v) is 2.79.